The molecular weight excluding hydrogens is 258 g/mol. The lowest BCUT2D eigenvalue weighted by molar-refractivity contribution is -0.697. The number of esters is 2. The van der Waals surface area contributed by atoms with Crippen LogP contribution in [0.2, 0.25) is 0 Å². The monoisotopic (exact) mass is 278 g/mol. The van der Waals surface area contributed by atoms with Crippen LogP contribution in [0.5, 0.6) is 0 Å². The average Bonchev–Trinajstić information content (AvgIpc) is 2.43. The molecule has 1 aromatic heterocycles. The second kappa shape index (κ2) is 8.09. The van der Waals surface area contributed by atoms with E-state index < -0.39 is 11.9 Å². The van der Waals surface area contributed by atoms with Gasteiger partial charge in [-0.3, -0.25) is 0 Å². The number of ether oxygens (including phenoxy) is 2. The normalized spacial score (nSPS) is 9.90. The minimum Gasteiger partial charge on any atom is -0.459 e. The van der Waals surface area contributed by atoms with E-state index in [2.05, 4.69) is 13.5 Å². The predicted molar refractivity (Wildman–Crippen MR) is 73.0 cm³/mol. The fraction of sp³-hybridized carbons (Fsp3) is 0.400. The van der Waals surface area contributed by atoms with Gasteiger partial charge < -0.3 is 9.47 Å². The summed E-state index contributed by atoms with van der Waals surface area (Å²) in [6.07, 6.45) is 4.63. The quantitative estimate of drug-likeness (QED) is 0.329. The minimum absolute atomic E-state index is 0.0270. The zero-order valence-corrected chi connectivity index (χ0v) is 11.9. The van der Waals surface area contributed by atoms with Crippen LogP contribution in [-0.2, 0) is 20.8 Å². The zero-order valence-electron chi connectivity index (χ0n) is 11.9. The lowest BCUT2D eigenvalue weighted by Gasteiger charge is -2.05. The number of hydrogen-bond acceptors (Lipinski definition) is 4. The van der Waals surface area contributed by atoms with Crippen molar-refractivity contribution in [2.75, 3.05) is 13.2 Å². The summed E-state index contributed by atoms with van der Waals surface area (Å²) in [6.45, 7) is 7.98. The maximum absolute atomic E-state index is 11.8. The first-order chi connectivity index (χ1) is 9.54. The molecule has 0 unspecified atom stereocenters. The van der Waals surface area contributed by atoms with E-state index in [1.54, 1.807) is 25.3 Å². The van der Waals surface area contributed by atoms with E-state index in [0.29, 0.717) is 11.1 Å². The lowest BCUT2D eigenvalue weighted by Crippen LogP contribution is -2.33. The Balaban J connectivity index is 2.41. The van der Waals surface area contributed by atoms with Gasteiger partial charge in [-0.2, -0.15) is 0 Å². The lowest BCUT2D eigenvalue weighted by atomic mass is 10.3. The van der Waals surface area contributed by atoms with Crippen molar-refractivity contribution in [1.29, 1.82) is 0 Å². The highest BCUT2D eigenvalue weighted by atomic mass is 16.6. The number of hydrogen-bond donors (Lipinski definition) is 0. The third-order valence-electron chi connectivity index (χ3n) is 2.47. The second-order valence-electron chi connectivity index (χ2n) is 4.38. The van der Waals surface area contributed by atoms with Crippen molar-refractivity contribution < 1.29 is 23.6 Å². The summed E-state index contributed by atoms with van der Waals surface area (Å²) in [5, 5.41) is 0. The topological polar surface area (TPSA) is 56.5 Å². The Morgan fingerprint density at radius 3 is 2.65 bits per heavy atom. The standard InChI is InChI=1S/C15H20NO4/c1-4-7-16-8-5-6-13(11-16)15(18)20-10-9-19-14(17)12(2)3/h5-6,8,11H,2,4,7,9-10H2,1,3H3/q+1. The van der Waals surface area contributed by atoms with Gasteiger partial charge in [0.1, 0.15) is 25.3 Å². The van der Waals surface area contributed by atoms with Crippen LogP contribution in [0.1, 0.15) is 30.6 Å². The summed E-state index contributed by atoms with van der Waals surface area (Å²) >= 11 is 0. The Bertz CT molecular complexity index is 496. The van der Waals surface area contributed by atoms with E-state index >= 15 is 0 Å². The molecule has 0 N–H and O–H groups in total. The maximum Gasteiger partial charge on any atom is 0.344 e. The molecule has 1 rings (SSSR count). The minimum atomic E-state index is -0.485. The van der Waals surface area contributed by atoms with Crippen LogP contribution in [-0.4, -0.2) is 25.2 Å². The highest BCUT2D eigenvalue weighted by molar-refractivity contribution is 5.88. The van der Waals surface area contributed by atoms with Crippen molar-refractivity contribution >= 4 is 11.9 Å². The molecule has 1 heterocycles. The van der Waals surface area contributed by atoms with Crippen molar-refractivity contribution in [2.45, 2.75) is 26.8 Å². The molecule has 0 aliphatic carbocycles. The molecule has 1 aromatic rings. The highest BCUT2D eigenvalue weighted by Crippen LogP contribution is 1.99. The molecule has 20 heavy (non-hydrogen) atoms. The summed E-state index contributed by atoms with van der Waals surface area (Å²) in [5.74, 6) is -0.914. The Morgan fingerprint density at radius 1 is 1.30 bits per heavy atom. The fourth-order valence-electron chi connectivity index (χ4n) is 1.52. The van der Waals surface area contributed by atoms with E-state index in [9.17, 15) is 9.59 Å². The first-order valence-corrected chi connectivity index (χ1v) is 6.53. The molecule has 0 aromatic carbocycles. The van der Waals surface area contributed by atoms with Crippen molar-refractivity contribution in [1.82, 2.24) is 0 Å². The van der Waals surface area contributed by atoms with E-state index in [0.717, 1.165) is 13.0 Å². The van der Waals surface area contributed by atoms with E-state index in [4.69, 9.17) is 9.47 Å². The highest BCUT2D eigenvalue weighted by Gasteiger charge is 2.12. The van der Waals surface area contributed by atoms with Gasteiger partial charge in [0.25, 0.3) is 0 Å². The van der Waals surface area contributed by atoms with Crippen LogP contribution in [0.3, 0.4) is 0 Å². The van der Waals surface area contributed by atoms with Crippen LogP contribution < -0.4 is 4.57 Å². The third kappa shape index (κ3) is 5.22. The predicted octanol–water partition coefficient (Wildman–Crippen LogP) is 1.66. The zero-order chi connectivity index (χ0) is 15.0. The molecule has 0 spiro atoms. The third-order valence-corrected chi connectivity index (χ3v) is 2.47. The molecule has 0 bridgehead atoms. The number of carbonyl (C=O) groups is 2. The summed E-state index contributed by atoms with van der Waals surface area (Å²) in [5.41, 5.74) is 0.798. The second-order valence-corrected chi connectivity index (χ2v) is 4.38. The van der Waals surface area contributed by atoms with Gasteiger partial charge >= 0.3 is 11.9 Å². The number of pyridine rings is 1. The summed E-state index contributed by atoms with van der Waals surface area (Å²) in [6, 6.07) is 3.49. The molecule has 0 fully saturated rings. The van der Waals surface area contributed by atoms with Crippen molar-refractivity contribution in [3.05, 3.63) is 42.2 Å². The largest absolute Gasteiger partial charge is 0.459 e. The molecule has 5 nitrogen and oxygen atoms in total. The Kier molecular flexibility index (Phi) is 6.43. The van der Waals surface area contributed by atoms with Crippen molar-refractivity contribution in [3.8, 4) is 0 Å². The Hall–Kier alpha value is -2.17. The molecule has 0 saturated heterocycles. The molecule has 0 aliphatic rings. The molecule has 5 heteroatoms. The van der Waals surface area contributed by atoms with E-state index in [-0.39, 0.29) is 13.2 Å². The fourth-order valence-corrected chi connectivity index (χ4v) is 1.52. The van der Waals surface area contributed by atoms with Gasteiger partial charge in [0.2, 0.25) is 0 Å². The van der Waals surface area contributed by atoms with Crippen LogP contribution in [0.25, 0.3) is 0 Å². The smallest absolute Gasteiger partial charge is 0.344 e. The summed E-state index contributed by atoms with van der Waals surface area (Å²) < 4.78 is 11.8. The summed E-state index contributed by atoms with van der Waals surface area (Å²) in [7, 11) is 0. The number of rotatable bonds is 7. The number of nitrogens with zero attached hydrogens (tertiary/aromatic N) is 1. The van der Waals surface area contributed by atoms with Gasteiger partial charge in [-0.1, -0.05) is 13.5 Å². The van der Waals surface area contributed by atoms with Crippen molar-refractivity contribution in [2.24, 2.45) is 0 Å². The molecule has 0 amide bonds. The SMILES string of the molecule is C=C(C)C(=O)OCCOC(=O)c1ccc[n+](CCC)c1. The molecule has 0 saturated carbocycles. The number of aromatic nitrogens is 1. The summed E-state index contributed by atoms with van der Waals surface area (Å²) in [4.78, 5) is 22.9. The van der Waals surface area contributed by atoms with Gasteiger partial charge in [-0.05, 0) is 13.0 Å². The van der Waals surface area contributed by atoms with Crippen LogP contribution >= 0.6 is 0 Å². The van der Waals surface area contributed by atoms with Gasteiger partial charge in [0.15, 0.2) is 12.4 Å². The number of aryl methyl sites for hydroxylation is 1. The van der Waals surface area contributed by atoms with Crippen LogP contribution in [0.15, 0.2) is 36.7 Å². The van der Waals surface area contributed by atoms with E-state index in [1.165, 1.54) is 0 Å². The van der Waals surface area contributed by atoms with Gasteiger partial charge in [-0.25, -0.2) is 14.2 Å². The number of carbonyl (C=O) groups excluding carboxylic acids is 2. The Labute approximate surface area is 118 Å². The van der Waals surface area contributed by atoms with Crippen molar-refractivity contribution in [3.63, 3.8) is 0 Å². The first kappa shape index (κ1) is 15.9. The van der Waals surface area contributed by atoms with Crippen LogP contribution in [0, 0.1) is 0 Å². The molecule has 0 atom stereocenters. The van der Waals surface area contributed by atoms with Crippen LogP contribution in [0.4, 0.5) is 0 Å². The van der Waals surface area contributed by atoms with Gasteiger partial charge in [0, 0.05) is 18.1 Å². The average molecular weight is 278 g/mol. The molecule has 108 valence electrons. The molecule has 0 aliphatic heterocycles. The van der Waals surface area contributed by atoms with Gasteiger partial charge in [-0.15, -0.1) is 0 Å². The van der Waals surface area contributed by atoms with E-state index in [1.807, 2.05) is 10.8 Å². The van der Waals surface area contributed by atoms with Gasteiger partial charge in [0.05, 0.1) is 0 Å². The maximum atomic E-state index is 11.8. The first-order valence-electron chi connectivity index (χ1n) is 6.53. The molecule has 0 radical (unpaired) electrons. The Morgan fingerprint density at radius 2 is 2.00 bits per heavy atom. The molecular formula is C15H20NO4+.